The van der Waals surface area contributed by atoms with Crippen molar-refractivity contribution in [2.75, 3.05) is 6.54 Å². The van der Waals surface area contributed by atoms with Gasteiger partial charge in [-0.3, -0.25) is 0 Å². The van der Waals surface area contributed by atoms with Crippen LogP contribution in [0.25, 0.3) is 0 Å². The van der Waals surface area contributed by atoms with E-state index in [0.29, 0.717) is 10.8 Å². The van der Waals surface area contributed by atoms with Crippen molar-refractivity contribution in [2.45, 2.75) is 71.3 Å². The molecule has 0 aromatic carbocycles. The molecule has 1 aromatic rings. The van der Waals surface area contributed by atoms with Gasteiger partial charge in [0.05, 0.1) is 5.69 Å². The van der Waals surface area contributed by atoms with E-state index in [2.05, 4.69) is 31.1 Å². The Morgan fingerprint density at radius 2 is 1.90 bits per heavy atom. The Kier molecular flexibility index (Phi) is 2.86. The van der Waals surface area contributed by atoms with Crippen molar-refractivity contribution in [3.63, 3.8) is 0 Å². The molecule has 1 N–H and O–H groups in total. The molecule has 4 fully saturated rings. The lowest BCUT2D eigenvalue weighted by molar-refractivity contribution is -0.116. The third kappa shape index (κ3) is 2.08. The second kappa shape index (κ2) is 4.34. The maximum atomic E-state index is 5.99. The first-order chi connectivity index (χ1) is 9.96. The van der Waals surface area contributed by atoms with Crippen molar-refractivity contribution in [1.29, 1.82) is 0 Å². The largest absolute Gasteiger partial charge is 0.448 e. The summed E-state index contributed by atoms with van der Waals surface area (Å²) < 4.78 is 5.99. The molecule has 2 atom stereocenters. The van der Waals surface area contributed by atoms with Crippen molar-refractivity contribution in [2.24, 2.45) is 16.7 Å². The molecule has 5 rings (SSSR count). The number of nitrogens with zero attached hydrogens (tertiary/aromatic N) is 1. The highest BCUT2D eigenvalue weighted by atomic mass is 16.3. The Morgan fingerprint density at radius 1 is 1.19 bits per heavy atom. The molecule has 4 bridgehead atoms. The maximum Gasteiger partial charge on any atom is 0.181 e. The van der Waals surface area contributed by atoms with Gasteiger partial charge in [-0.15, -0.1) is 0 Å². The Bertz CT molecular complexity index is 531. The van der Waals surface area contributed by atoms with Gasteiger partial charge in [-0.05, 0) is 61.8 Å². The molecule has 4 aliphatic rings. The zero-order valence-corrected chi connectivity index (χ0v) is 13.7. The molecule has 3 heteroatoms. The number of nitrogens with one attached hydrogen (secondary N) is 1. The predicted molar refractivity (Wildman–Crippen MR) is 83.0 cm³/mol. The summed E-state index contributed by atoms with van der Waals surface area (Å²) >= 11 is 0. The van der Waals surface area contributed by atoms with E-state index in [9.17, 15) is 0 Å². The minimum atomic E-state index is 0.268. The lowest BCUT2D eigenvalue weighted by atomic mass is 9.40. The molecule has 4 aliphatic carbocycles. The number of aromatic nitrogens is 1. The van der Waals surface area contributed by atoms with Gasteiger partial charge >= 0.3 is 0 Å². The monoisotopic (exact) mass is 288 g/mol. The standard InChI is InChI=1S/C18H28N2O/c1-4-19-8-14-15(21-12-20-14)18-7-13-5-16(2,10-18)9-17(3,6-13)11-18/h12-13,19H,4-11H2,1-3H3. The van der Waals surface area contributed by atoms with Crippen molar-refractivity contribution in [3.05, 3.63) is 17.8 Å². The third-order valence-electron chi connectivity index (χ3n) is 6.29. The van der Waals surface area contributed by atoms with Gasteiger partial charge < -0.3 is 9.73 Å². The van der Waals surface area contributed by atoms with Gasteiger partial charge in [-0.1, -0.05) is 20.8 Å². The van der Waals surface area contributed by atoms with E-state index in [4.69, 9.17) is 4.42 Å². The van der Waals surface area contributed by atoms with Crippen LogP contribution in [0.2, 0.25) is 0 Å². The molecule has 0 saturated heterocycles. The topological polar surface area (TPSA) is 38.1 Å². The average Bonchev–Trinajstić information content (AvgIpc) is 2.80. The van der Waals surface area contributed by atoms with Crippen LogP contribution in [0.15, 0.2) is 10.8 Å². The summed E-state index contributed by atoms with van der Waals surface area (Å²) in [6.07, 6.45) is 9.88. The Labute approximate surface area is 127 Å². The summed E-state index contributed by atoms with van der Waals surface area (Å²) in [5, 5.41) is 3.42. The molecule has 1 aromatic heterocycles. The van der Waals surface area contributed by atoms with E-state index in [0.717, 1.165) is 24.7 Å². The molecule has 2 unspecified atom stereocenters. The van der Waals surface area contributed by atoms with Crippen molar-refractivity contribution in [3.8, 4) is 0 Å². The molecule has 1 heterocycles. The Balaban J connectivity index is 1.73. The summed E-state index contributed by atoms with van der Waals surface area (Å²) in [5.74, 6) is 2.11. The van der Waals surface area contributed by atoms with Crippen LogP contribution in [0.3, 0.4) is 0 Å². The SMILES string of the molecule is CCNCc1ncoc1C12CC3CC(C)(CC(C)(C3)C1)C2. The summed E-state index contributed by atoms with van der Waals surface area (Å²) in [5.41, 5.74) is 2.47. The van der Waals surface area contributed by atoms with Crippen LogP contribution in [0.4, 0.5) is 0 Å². The molecule has 4 saturated carbocycles. The minimum absolute atomic E-state index is 0.268. The summed E-state index contributed by atoms with van der Waals surface area (Å²) in [6.45, 7) is 9.02. The number of hydrogen-bond donors (Lipinski definition) is 1. The molecule has 116 valence electrons. The highest BCUT2D eigenvalue weighted by Gasteiger charge is 2.62. The first kappa shape index (κ1) is 13.8. The van der Waals surface area contributed by atoms with E-state index in [1.165, 1.54) is 44.3 Å². The minimum Gasteiger partial charge on any atom is -0.448 e. The molecule has 0 spiro atoms. The molecule has 0 amide bonds. The molecule has 0 aliphatic heterocycles. The lowest BCUT2D eigenvalue weighted by Crippen LogP contribution is -2.57. The normalized spacial score (nSPS) is 44.4. The fourth-order valence-electron chi connectivity index (χ4n) is 6.77. The highest BCUT2D eigenvalue weighted by molar-refractivity contribution is 5.27. The van der Waals surface area contributed by atoms with Crippen LogP contribution in [-0.4, -0.2) is 11.5 Å². The van der Waals surface area contributed by atoms with Crippen LogP contribution >= 0.6 is 0 Å². The smallest absolute Gasteiger partial charge is 0.181 e. The first-order valence-corrected chi connectivity index (χ1v) is 8.60. The zero-order valence-electron chi connectivity index (χ0n) is 13.7. The van der Waals surface area contributed by atoms with Crippen molar-refractivity contribution < 1.29 is 4.42 Å². The van der Waals surface area contributed by atoms with E-state index in [-0.39, 0.29) is 5.41 Å². The molecule has 21 heavy (non-hydrogen) atoms. The second-order valence-corrected chi connectivity index (χ2v) is 8.82. The van der Waals surface area contributed by atoms with Gasteiger partial charge in [0.2, 0.25) is 0 Å². The lowest BCUT2D eigenvalue weighted by Gasteiger charge is -2.64. The Hall–Kier alpha value is -0.830. The number of hydrogen-bond acceptors (Lipinski definition) is 3. The zero-order chi connectivity index (χ0) is 14.7. The van der Waals surface area contributed by atoms with E-state index < -0.39 is 0 Å². The number of oxazole rings is 1. The van der Waals surface area contributed by atoms with Gasteiger partial charge in [-0.2, -0.15) is 0 Å². The fraction of sp³-hybridized carbons (Fsp3) is 0.833. The first-order valence-electron chi connectivity index (χ1n) is 8.60. The van der Waals surface area contributed by atoms with Crippen molar-refractivity contribution in [1.82, 2.24) is 10.3 Å². The van der Waals surface area contributed by atoms with E-state index in [1.54, 1.807) is 6.39 Å². The van der Waals surface area contributed by atoms with Gasteiger partial charge in [-0.25, -0.2) is 4.98 Å². The highest BCUT2D eigenvalue weighted by Crippen LogP contribution is 2.70. The van der Waals surface area contributed by atoms with Crippen LogP contribution in [-0.2, 0) is 12.0 Å². The van der Waals surface area contributed by atoms with Crippen molar-refractivity contribution >= 4 is 0 Å². The second-order valence-electron chi connectivity index (χ2n) is 8.82. The molecule has 3 nitrogen and oxygen atoms in total. The third-order valence-corrected chi connectivity index (χ3v) is 6.29. The molecule has 0 radical (unpaired) electrons. The van der Waals surface area contributed by atoms with Crippen LogP contribution in [0, 0.1) is 16.7 Å². The van der Waals surface area contributed by atoms with Gasteiger partial charge in [0.25, 0.3) is 0 Å². The predicted octanol–water partition coefficient (Wildman–Crippen LogP) is 4.03. The van der Waals surface area contributed by atoms with Gasteiger partial charge in [0.1, 0.15) is 5.76 Å². The van der Waals surface area contributed by atoms with E-state index >= 15 is 0 Å². The summed E-state index contributed by atoms with van der Waals surface area (Å²) in [7, 11) is 0. The molecular formula is C18H28N2O. The van der Waals surface area contributed by atoms with Crippen LogP contribution in [0.1, 0.15) is 70.8 Å². The quantitative estimate of drug-likeness (QED) is 0.909. The van der Waals surface area contributed by atoms with E-state index in [1.807, 2.05) is 0 Å². The van der Waals surface area contributed by atoms with Crippen LogP contribution < -0.4 is 5.32 Å². The molecular weight excluding hydrogens is 260 g/mol. The summed E-state index contributed by atoms with van der Waals surface area (Å²) in [4.78, 5) is 4.53. The number of rotatable bonds is 4. The summed E-state index contributed by atoms with van der Waals surface area (Å²) in [6, 6.07) is 0. The van der Waals surface area contributed by atoms with Gasteiger partial charge in [0, 0.05) is 12.0 Å². The average molecular weight is 288 g/mol. The maximum absolute atomic E-state index is 5.99. The van der Waals surface area contributed by atoms with Crippen LogP contribution in [0.5, 0.6) is 0 Å². The Morgan fingerprint density at radius 3 is 2.52 bits per heavy atom. The van der Waals surface area contributed by atoms with Gasteiger partial charge in [0.15, 0.2) is 6.39 Å². The fourth-order valence-corrected chi connectivity index (χ4v) is 6.77.